The minimum Gasteiger partial charge on any atom is -0.485 e. The molecule has 3 aromatic heterocycles. The summed E-state index contributed by atoms with van der Waals surface area (Å²) < 4.78 is 10.2. The van der Waals surface area contributed by atoms with Gasteiger partial charge in [-0.1, -0.05) is 11.6 Å². The van der Waals surface area contributed by atoms with E-state index in [-0.39, 0.29) is 24.6 Å². The van der Waals surface area contributed by atoms with Crippen molar-refractivity contribution in [1.82, 2.24) is 29.0 Å². The summed E-state index contributed by atoms with van der Waals surface area (Å²) in [5.41, 5.74) is 8.13. The molecule has 11 nitrogen and oxygen atoms in total. The summed E-state index contributed by atoms with van der Waals surface area (Å²) in [4.78, 5) is 29.9. The van der Waals surface area contributed by atoms with E-state index in [0.29, 0.717) is 29.4 Å². The highest BCUT2D eigenvalue weighted by Crippen LogP contribution is 2.36. The first-order chi connectivity index (χ1) is 19.4. The highest BCUT2D eigenvalue weighted by atomic mass is 35.5. The maximum absolute atomic E-state index is 14.1. The lowest BCUT2D eigenvalue weighted by Crippen LogP contribution is -2.56. The zero-order chi connectivity index (χ0) is 27.4. The van der Waals surface area contributed by atoms with Gasteiger partial charge in [-0.2, -0.15) is 9.61 Å². The van der Waals surface area contributed by atoms with Gasteiger partial charge in [0.05, 0.1) is 17.3 Å². The molecule has 0 spiro atoms. The van der Waals surface area contributed by atoms with E-state index in [1.807, 2.05) is 21.7 Å². The van der Waals surface area contributed by atoms with Crippen LogP contribution in [0.1, 0.15) is 47.2 Å². The van der Waals surface area contributed by atoms with Crippen LogP contribution in [-0.4, -0.2) is 74.2 Å². The second-order valence-electron chi connectivity index (χ2n) is 10.9. The van der Waals surface area contributed by atoms with Gasteiger partial charge in [-0.25, -0.2) is 9.97 Å². The van der Waals surface area contributed by atoms with Crippen LogP contribution in [0.2, 0.25) is 5.02 Å². The first-order valence-electron chi connectivity index (χ1n) is 13.8. The summed E-state index contributed by atoms with van der Waals surface area (Å²) in [7, 11) is 2.06. The number of aromatic nitrogens is 5. The number of carbonyl (C=O) groups is 1. The van der Waals surface area contributed by atoms with Crippen LogP contribution in [-0.2, 0) is 13.2 Å². The van der Waals surface area contributed by atoms with Crippen LogP contribution in [0.5, 0.6) is 5.75 Å². The number of halogens is 1. The number of benzene rings is 1. The van der Waals surface area contributed by atoms with Gasteiger partial charge in [0.15, 0.2) is 5.65 Å². The molecule has 2 fully saturated rings. The maximum Gasteiger partial charge on any atom is 0.258 e. The Morgan fingerprint density at radius 1 is 1.10 bits per heavy atom. The molecular formula is C28H32ClN9O2. The number of amides is 1. The Hall–Kier alpha value is -3.83. The minimum atomic E-state index is -0.180. The molecule has 1 unspecified atom stereocenters. The van der Waals surface area contributed by atoms with Gasteiger partial charge in [-0.15, -0.1) is 0 Å². The Kier molecular flexibility index (Phi) is 6.27. The topological polar surface area (TPSA) is 110 Å². The first kappa shape index (κ1) is 25.2. The molecule has 0 saturated carbocycles. The molecular weight excluding hydrogens is 530 g/mol. The predicted molar refractivity (Wildman–Crippen MR) is 152 cm³/mol. The number of rotatable bonds is 1. The lowest BCUT2D eigenvalue weighted by Gasteiger charge is -2.38. The van der Waals surface area contributed by atoms with E-state index < -0.39 is 0 Å². The number of imidazole rings is 1. The zero-order valence-electron chi connectivity index (χ0n) is 22.4. The normalized spacial score (nSPS) is 20.2. The van der Waals surface area contributed by atoms with Gasteiger partial charge >= 0.3 is 0 Å². The SMILES string of the molecule is CN1CCn2ccnc2COc2ccc(Cl)cc2C(=O)N2CCCCC2c2cc3nc(N4CC(N)C4)cc1n3n2. The summed E-state index contributed by atoms with van der Waals surface area (Å²) in [6.07, 6.45) is 6.48. The largest absolute Gasteiger partial charge is 0.485 e. The molecule has 1 aromatic carbocycles. The highest BCUT2D eigenvalue weighted by Gasteiger charge is 2.33. The average molecular weight is 562 g/mol. The number of hydrogen-bond donors (Lipinski definition) is 1. The number of ether oxygens (including phenoxy) is 1. The van der Waals surface area contributed by atoms with Gasteiger partial charge < -0.3 is 29.7 Å². The minimum absolute atomic E-state index is 0.116. The quantitative estimate of drug-likeness (QED) is 0.377. The van der Waals surface area contributed by atoms with Crippen molar-refractivity contribution in [2.75, 3.05) is 43.0 Å². The van der Waals surface area contributed by atoms with Crippen LogP contribution in [0.4, 0.5) is 11.6 Å². The molecule has 1 amide bonds. The van der Waals surface area contributed by atoms with E-state index in [2.05, 4.69) is 32.5 Å². The van der Waals surface area contributed by atoms with Gasteiger partial charge in [-0.3, -0.25) is 4.79 Å². The lowest BCUT2D eigenvalue weighted by molar-refractivity contribution is 0.0600. The summed E-state index contributed by atoms with van der Waals surface area (Å²) >= 11 is 6.38. The molecule has 2 bridgehead atoms. The first-order valence-corrected chi connectivity index (χ1v) is 14.2. The third-order valence-electron chi connectivity index (χ3n) is 8.15. The Bertz CT molecular complexity index is 1580. The molecule has 4 aromatic rings. The van der Waals surface area contributed by atoms with Crippen LogP contribution in [0.3, 0.4) is 0 Å². The molecule has 2 saturated heterocycles. The number of hydrogen-bond acceptors (Lipinski definition) is 8. The number of nitrogens with zero attached hydrogens (tertiary/aromatic N) is 8. The van der Waals surface area contributed by atoms with Crippen molar-refractivity contribution in [3.63, 3.8) is 0 Å². The van der Waals surface area contributed by atoms with Crippen LogP contribution in [0.15, 0.2) is 42.7 Å². The van der Waals surface area contributed by atoms with Crippen molar-refractivity contribution in [3.8, 4) is 5.75 Å². The van der Waals surface area contributed by atoms with Crippen LogP contribution < -0.4 is 20.3 Å². The van der Waals surface area contributed by atoms with Gasteiger partial charge in [0, 0.05) is 75.4 Å². The van der Waals surface area contributed by atoms with Gasteiger partial charge in [-0.05, 0) is 37.5 Å². The van der Waals surface area contributed by atoms with Crippen molar-refractivity contribution < 1.29 is 9.53 Å². The summed E-state index contributed by atoms with van der Waals surface area (Å²) in [5, 5.41) is 5.55. The number of nitrogens with two attached hydrogens (primary N) is 1. The molecule has 0 radical (unpaired) electrons. The summed E-state index contributed by atoms with van der Waals surface area (Å²) in [6.45, 7) is 3.83. The molecule has 3 aliphatic heterocycles. The highest BCUT2D eigenvalue weighted by molar-refractivity contribution is 6.31. The smallest absolute Gasteiger partial charge is 0.258 e. The van der Waals surface area contributed by atoms with E-state index in [0.717, 1.165) is 67.7 Å². The molecule has 40 heavy (non-hydrogen) atoms. The number of likely N-dealkylation sites (N-methyl/N-ethyl adjacent to an activating group) is 1. The fourth-order valence-electron chi connectivity index (χ4n) is 5.89. The van der Waals surface area contributed by atoms with E-state index in [1.165, 1.54) is 0 Å². The van der Waals surface area contributed by atoms with E-state index in [1.54, 1.807) is 24.4 Å². The van der Waals surface area contributed by atoms with E-state index in [4.69, 9.17) is 32.2 Å². The van der Waals surface area contributed by atoms with Crippen LogP contribution in [0, 0.1) is 0 Å². The van der Waals surface area contributed by atoms with Gasteiger partial charge in [0.25, 0.3) is 5.91 Å². The Balaban J connectivity index is 1.37. The number of fused-ring (bicyclic) bond motifs is 5. The molecule has 208 valence electrons. The second kappa shape index (κ2) is 9.97. The van der Waals surface area contributed by atoms with E-state index in [9.17, 15) is 4.79 Å². The lowest BCUT2D eigenvalue weighted by atomic mass is 9.98. The van der Waals surface area contributed by atoms with Gasteiger partial charge in [0.1, 0.15) is 29.8 Å². The van der Waals surface area contributed by atoms with E-state index >= 15 is 0 Å². The van der Waals surface area contributed by atoms with Crippen LogP contribution >= 0.6 is 11.6 Å². The van der Waals surface area contributed by atoms with Crippen molar-refractivity contribution in [1.29, 1.82) is 0 Å². The number of anilines is 2. The molecule has 6 heterocycles. The fraction of sp³-hybridized carbons (Fsp3) is 0.429. The molecule has 0 aliphatic carbocycles. The molecule has 7 rings (SSSR count). The fourth-order valence-corrected chi connectivity index (χ4v) is 6.06. The molecule has 1 atom stereocenters. The van der Waals surface area contributed by atoms with Crippen LogP contribution in [0.25, 0.3) is 5.65 Å². The third kappa shape index (κ3) is 4.43. The monoisotopic (exact) mass is 561 g/mol. The third-order valence-corrected chi connectivity index (χ3v) is 8.39. The Labute approximate surface area is 237 Å². The second-order valence-corrected chi connectivity index (χ2v) is 11.3. The number of carbonyl (C=O) groups excluding carboxylic acids is 1. The standard InChI is InChI=1S/C28H32ClN9O2/c1-34-10-11-35-9-7-31-26(35)17-40-23-6-5-18(29)12-20(23)28(39)37-8-3-2-4-22(37)21-13-25-32-24(36-15-19(30)16-36)14-27(34)38(25)33-21/h5-7,9,12-14,19,22H,2-4,8,10-11,15-17,30H2,1H3. The maximum atomic E-state index is 14.1. The van der Waals surface area contributed by atoms with Crippen molar-refractivity contribution in [3.05, 3.63) is 64.8 Å². The average Bonchev–Trinajstić information content (AvgIpc) is 3.59. The molecule has 3 aliphatic rings. The molecule has 2 N–H and O–H groups in total. The Morgan fingerprint density at radius 3 is 2.83 bits per heavy atom. The Morgan fingerprint density at radius 2 is 1.98 bits per heavy atom. The number of piperidine rings is 1. The molecule has 12 heteroatoms. The van der Waals surface area contributed by atoms with Crippen molar-refractivity contribution in [2.45, 2.75) is 44.5 Å². The van der Waals surface area contributed by atoms with Crippen molar-refractivity contribution in [2.24, 2.45) is 5.73 Å². The van der Waals surface area contributed by atoms with Gasteiger partial charge in [0.2, 0.25) is 0 Å². The predicted octanol–water partition coefficient (Wildman–Crippen LogP) is 3.12. The zero-order valence-corrected chi connectivity index (χ0v) is 23.2. The van der Waals surface area contributed by atoms with Crippen molar-refractivity contribution >= 4 is 34.8 Å². The summed E-state index contributed by atoms with van der Waals surface area (Å²) in [5.74, 6) is 2.98. The summed E-state index contributed by atoms with van der Waals surface area (Å²) in [6, 6.07) is 9.30.